The summed E-state index contributed by atoms with van der Waals surface area (Å²) in [5.41, 5.74) is 4.30. The lowest BCUT2D eigenvalue weighted by Crippen LogP contribution is -2.15. The molecule has 160 valence electrons. The van der Waals surface area contributed by atoms with Crippen LogP contribution >= 0.6 is 11.6 Å². The molecule has 32 heavy (non-hydrogen) atoms. The molecule has 0 amide bonds. The third-order valence-corrected chi connectivity index (χ3v) is 6.00. The van der Waals surface area contributed by atoms with Crippen LogP contribution in [0.15, 0.2) is 48.9 Å². The molecule has 9 heteroatoms. The molecule has 0 saturated heterocycles. The summed E-state index contributed by atoms with van der Waals surface area (Å²) in [6.07, 6.45) is 3.33. The lowest BCUT2D eigenvalue weighted by Gasteiger charge is -2.19. The normalized spacial score (nSPS) is 14.2. The zero-order chi connectivity index (χ0) is 21.8. The second-order valence-electron chi connectivity index (χ2n) is 7.75. The van der Waals surface area contributed by atoms with Gasteiger partial charge in [-0.25, -0.2) is 19.3 Å². The zero-order valence-corrected chi connectivity index (χ0v) is 18.2. The molecular formula is C23H19ClN6O2. The summed E-state index contributed by atoms with van der Waals surface area (Å²) in [7, 11) is 0. The average Bonchev–Trinajstić information content (AvgIpc) is 3.36. The Bertz CT molecular complexity index is 1490. The van der Waals surface area contributed by atoms with Crippen molar-refractivity contribution in [3.63, 3.8) is 0 Å². The van der Waals surface area contributed by atoms with E-state index in [2.05, 4.69) is 16.9 Å². The third-order valence-electron chi connectivity index (χ3n) is 5.76. The zero-order valence-electron chi connectivity index (χ0n) is 17.5. The molecule has 0 aliphatic carbocycles. The van der Waals surface area contributed by atoms with Crippen molar-refractivity contribution in [1.29, 1.82) is 0 Å². The van der Waals surface area contributed by atoms with E-state index in [1.54, 1.807) is 12.5 Å². The Morgan fingerprint density at radius 2 is 1.84 bits per heavy atom. The minimum absolute atomic E-state index is 0.164. The van der Waals surface area contributed by atoms with Gasteiger partial charge in [0.2, 0.25) is 0 Å². The van der Waals surface area contributed by atoms with Gasteiger partial charge in [0.25, 0.3) is 0 Å². The Hall–Kier alpha value is -3.65. The Morgan fingerprint density at radius 1 is 1.00 bits per heavy atom. The number of hydrogen-bond acceptors (Lipinski definition) is 6. The van der Waals surface area contributed by atoms with Crippen molar-refractivity contribution in [2.24, 2.45) is 0 Å². The van der Waals surface area contributed by atoms with Crippen LogP contribution in [0.4, 0.5) is 0 Å². The monoisotopic (exact) mass is 446 g/mol. The fraction of sp³-hybridized carbons (Fsp3) is 0.217. The molecule has 0 saturated carbocycles. The van der Waals surface area contributed by atoms with Crippen LogP contribution in [0.1, 0.15) is 24.4 Å². The van der Waals surface area contributed by atoms with Crippen LogP contribution in [0.3, 0.4) is 0 Å². The van der Waals surface area contributed by atoms with Crippen molar-refractivity contribution in [2.75, 3.05) is 13.2 Å². The Balaban J connectivity index is 1.54. The first kappa shape index (κ1) is 19.1. The van der Waals surface area contributed by atoms with E-state index < -0.39 is 0 Å². The van der Waals surface area contributed by atoms with E-state index >= 15 is 0 Å². The summed E-state index contributed by atoms with van der Waals surface area (Å²) < 4.78 is 15.2. The molecular weight excluding hydrogens is 428 g/mol. The molecule has 2 aromatic carbocycles. The number of aromatic nitrogens is 6. The predicted molar refractivity (Wildman–Crippen MR) is 121 cm³/mol. The summed E-state index contributed by atoms with van der Waals surface area (Å²) in [5.74, 6) is 1.45. The summed E-state index contributed by atoms with van der Waals surface area (Å²) in [5, 5.41) is 12.3. The molecule has 5 aromatic rings. The number of fused-ring (bicyclic) bond motifs is 3. The molecule has 1 atom stereocenters. The molecule has 0 fully saturated rings. The molecule has 0 radical (unpaired) electrons. The van der Waals surface area contributed by atoms with Gasteiger partial charge < -0.3 is 9.47 Å². The summed E-state index contributed by atoms with van der Waals surface area (Å²) >= 11 is 6.36. The molecule has 1 aliphatic rings. The van der Waals surface area contributed by atoms with E-state index in [9.17, 15) is 0 Å². The molecule has 0 bridgehead atoms. The molecule has 1 unspecified atom stereocenters. The number of hydrogen-bond donors (Lipinski definition) is 0. The molecule has 4 heterocycles. The van der Waals surface area contributed by atoms with Gasteiger partial charge in [-0.3, -0.25) is 0 Å². The van der Waals surface area contributed by atoms with Crippen molar-refractivity contribution < 1.29 is 9.47 Å². The first-order valence-corrected chi connectivity index (χ1v) is 10.7. The smallest absolute Gasteiger partial charge is 0.163 e. The van der Waals surface area contributed by atoms with Crippen molar-refractivity contribution >= 4 is 33.5 Å². The van der Waals surface area contributed by atoms with Gasteiger partial charge in [-0.1, -0.05) is 11.6 Å². The fourth-order valence-electron chi connectivity index (χ4n) is 4.19. The lowest BCUT2D eigenvalue weighted by atomic mass is 10.1. The van der Waals surface area contributed by atoms with Crippen molar-refractivity contribution in [2.45, 2.75) is 19.9 Å². The Morgan fingerprint density at radius 3 is 2.72 bits per heavy atom. The summed E-state index contributed by atoms with van der Waals surface area (Å²) in [4.78, 5) is 8.60. The topological polar surface area (TPSA) is 79.9 Å². The van der Waals surface area contributed by atoms with Crippen LogP contribution in [-0.2, 0) is 0 Å². The maximum absolute atomic E-state index is 6.36. The molecule has 0 spiro atoms. The van der Waals surface area contributed by atoms with Crippen LogP contribution in [0.5, 0.6) is 11.5 Å². The van der Waals surface area contributed by atoms with Crippen LogP contribution in [0, 0.1) is 6.92 Å². The van der Waals surface area contributed by atoms with Gasteiger partial charge in [0.05, 0.1) is 34.0 Å². The highest BCUT2D eigenvalue weighted by Crippen LogP contribution is 2.35. The van der Waals surface area contributed by atoms with E-state index in [1.807, 2.05) is 52.7 Å². The van der Waals surface area contributed by atoms with Gasteiger partial charge in [0.1, 0.15) is 19.5 Å². The van der Waals surface area contributed by atoms with E-state index in [4.69, 9.17) is 31.3 Å². The predicted octanol–water partition coefficient (Wildman–Crippen LogP) is 4.51. The third kappa shape index (κ3) is 2.90. The minimum atomic E-state index is -0.164. The van der Waals surface area contributed by atoms with Gasteiger partial charge in [-0.05, 0) is 44.2 Å². The van der Waals surface area contributed by atoms with Crippen molar-refractivity contribution in [1.82, 2.24) is 29.5 Å². The maximum Gasteiger partial charge on any atom is 0.163 e. The van der Waals surface area contributed by atoms with E-state index in [0.717, 1.165) is 44.8 Å². The number of halogens is 1. The number of benzene rings is 2. The van der Waals surface area contributed by atoms with Gasteiger partial charge in [0, 0.05) is 22.7 Å². The standard InChI is InChI=1S/C23H19ClN6O2/c1-13-18-11-25-12-26-23(18)29(27-13)14(2)22-17-5-3-15(24)9-19(17)30(28-22)16-4-6-20-21(10-16)32-8-7-31-20/h3-6,9-12,14H,7-8H2,1-2H3. The largest absolute Gasteiger partial charge is 0.486 e. The van der Waals surface area contributed by atoms with Gasteiger partial charge in [-0.2, -0.15) is 10.2 Å². The van der Waals surface area contributed by atoms with Crippen LogP contribution in [0.25, 0.3) is 27.6 Å². The number of aryl methyl sites for hydroxylation is 1. The van der Waals surface area contributed by atoms with E-state index in [-0.39, 0.29) is 6.04 Å². The van der Waals surface area contributed by atoms with Crippen LogP contribution < -0.4 is 9.47 Å². The van der Waals surface area contributed by atoms with Crippen LogP contribution in [-0.4, -0.2) is 42.7 Å². The first-order valence-electron chi connectivity index (χ1n) is 10.3. The quantitative estimate of drug-likeness (QED) is 0.405. The Labute approximate surface area is 188 Å². The SMILES string of the molecule is Cc1nn(C(C)c2nn(-c3ccc4c(c3)OCCO4)c3cc(Cl)ccc23)c2ncncc12. The van der Waals surface area contributed by atoms with Crippen molar-refractivity contribution in [3.8, 4) is 17.2 Å². The molecule has 3 aromatic heterocycles. The minimum Gasteiger partial charge on any atom is -0.486 e. The van der Waals surface area contributed by atoms with Crippen LogP contribution in [0.2, 0.25) is 5.02 Å². The van der Waals surface area contributed by atoms with Gasteiger partial charge >= 0.3 is 0 Å². The van der Waals surface area contributed by atoms with Gasteiger partial charge in [-0.15, -0.1) is 0 Å². The van der Waals surface area contributed by atoms with Crippen molar-refractivity contribution in [3.05, 3.63) is 65.3 Å². The maximum atomic E-state index is 6.36. The molecule has 0 N–H and O–H groups in total. The number of ether oxygens (including phenoxy) is 2. The highest BCUT2D eigenvalue weighted by molar-refractivity contribution is 6.31. The first-order chi connectivity index (χ1) is 15.6. The summed E-state index contributed by atoms with van der Waals surface area (Å²) in [6, 6.07) is 11.5. The summed E-state index contributed by atoms with van der Waals surface area (Å²) in [6.45, 7) is 5.10. The van der Waals surface area contributed by atoms with E-state index in [0.29, 0.717) is 24.0 Å². The van der Waals surface area contributed by atoms with Gasteiger partial charge in [0.15, 0.2) is 17.1 Å². The molecule has 8 nitrogen and oxygen atoms in total. The molecule has 1 aliphatic heterocycles. The highest BCUT2D eigenvalue weighted by atomic mass is 35.5. The molecule has 6 rings (SSSR count). The second kappa shape index (κ2) is 7.20. The lowest BCUT2D eigenvalue weighted by molar-refractivity contribution is 0.171. The number of rotatable bonds is 3. The fourth-order valence-corrected chi connectivity index (χ4v) is 4.36. The number of nitrogens with zero attached hydrogens (tertiary/aromatic N) is 6. The average molecular weight is 447 g/mol. The second-order valence-corrected chi connectivity index (χ2v) is 8.19. The highest BCUT2D eigenvalue weighted by Gasteiger charge is 2.23. The Kier molecular flexibility index (Phi) is 4.29. The van der Waals surface area contributed by atoms with E-state index in [1.165, 1.54) is 0 Å².